The zero-order valence-electron chi connectivity index (χ0n) is 8.86. The summed E-state index contributed by atoms with van der Waals surface area (Å²) in [5, 5.41) is 0. The van der Waals surface area contributed by atoms with Gasteiger partial charge in [0.15, 0.2) is 0 Å². The van der Waals surface area contributed by atoms with Gasteiger partial charge in [-0.3, -0.25) is 4.79 Å². The maximum Gasteiger partial charge on any atom is 0.247 e. The quantitative estimate of drug-likeness (QED) is 0.679. The van der Waals surface area contributed by atoms with E-state index < -0.39 is 6.04 Å². The molecule has 2 N–H and O–H groups in total. The second-order valence-corrected chi connectivity index (χ2v) is 3.74. The maximum atomic E-state index is 11.8. The molecule has 4 heteroatoms. The van der Waals surface area contributed by atoms with Gasteiger partial charge >= 0.3 is 0 Å². The number of hydrogen-bond donors (Lipinski definition) is 1. The van der Waals surface area contributed by atoms with Crippen molar-refractivity contribution in [3.8, 4) is 5.75 Å². The van der Waals surface area contributed by atoms with Crippen molar-refractivity contribution in [2.45, 2.75) is 13.0 Å². The lowest BCUT2D eigenvalue weighted by Gasteiger charge is -2.19. The third kappa shape index (κ3) is 1.57. The molecule has 0 aliphatic carbocycles. The number of carbonyl (C=O) groups excluding carboxylic acids is 1. The minimum atomic E-state index is -0.582. The first-order valence-electron chi connectivity index (χ1n) is 4.87. The Hall–Kier alpha value is -1.55. The standard InChI is InChI=1S/C11H14N2O2/c1-7-4-3-5-9-10(7)13(2)11(14)8(12)6-15-9/h3-5,8H,6,12H2,1-2H3/t8-/m0/s1. The topological polar surface area (TPSA) is 55.6 Å². The van der Waals surface area contributed by atoms with Gasteiger partial charge in [-0.25, -0.2) is 0 Å². The van der Waals surface area contributed by atoms with Crippen LogP contribution in [0.5, 0.6) is 5.75 Å². The van der Waals surface area contributed by atoms with Crippen molar-refractivity contribution in [1.29, 1.82) is 0 Å². The summed E-state index contributed by atoms with van der Waals surface area (Å²) in [6, 6.07) is 5.12. The number of amides is 1. The van der Waals surface area contributed by atoms with Crippen LogP contribution in [0, 0.1) is 6.92 Å². The second-order valence-electron chi connectivity index (χ2n) is 3.74. The Bertz CT molecular complexity index is 404. The number of likely N-dealkylation sites (N-methyl/N-ethyl adjacent to an activating group) is 1. The molecule has 0 unspecified atom stereocenters. The molecule has 1 aliphatic rings. The summed E-state index contributed by atoms with van der Waals surface area (Å²) in [5.74, 6) is 0.613. The van der Waals surface area contributed by atoms with Crippen molar-refractivity contribution in [1.82, 2.24) is 0 Å². The van der Waals surface area contributed by atoms with E-state index in [0.29, 0.717) is 0 Å². The first kappa shape index (κ1) is 9.98. The Labute approximate surface area is 88.6 Å². The van der Waals surface area contributed by atoms with Gasteiger partial charge in [0.05, 0.1) is 5.69 Å². The monoisotopic (exact) mass is 206 g/mol. The molecule has 1 aromatic carbocycles. The van der Waals surface area contributed by atoms with E-state index in [-0.39, 0.29) is 12.5 Å². The van der Waals surface area contributed by atoms with Crippen molar-refractivity contribution in [2.75, 3.05) is 18.6 Å². The van der Waals surface area contributed by atoms with Crippen molar-refractivity contribution >= 4 is 11.6 Å². The Balaban J connectivity index is 2.53. The summed E-state index contributed by atoms with van der Waals surface area (Å²) in [7, 11) is 1.72. The predicted molar refractivity (Wildman–Crippen MR) is 58.1 cm³/mol. The highest BCUT2D eigenvalue weighted by molar-refractivity contribution is 5.99. The molecular weight excluding hydrogens is 192 g/mol. The van der Waals surface area contributed by atoms with Crippen LogP contribution < -0.4 is 15.4 Å². The van der Waals surface area contributed by atoms with Gasteiger partial charge in [-0.1, -0.05) is 12.1 Å². The molecule has 0 spiro atoms. The number of para-hydroxylation sites is 1. The summed E-state index contributed by atoms with van der Waals surface area (Å²) in [6.45, 7) is 2.18. The molecule has 0 fully saturated rings. The van der Waals surface area contributed by atoms with Gasteiger partial charge in [0, 0.05) is 7.05 Å². The van der Waals surface area contributed by atoms with E-state index in [1.807, 2.05) is 25.1 Å². The smallest absolute Gasteiger partial charge is 0.247 e. The first-order valence-corrected chi connectivity index (χ1v) is 4.87. The third-order valence-electron chi connectivity index (χ3n) is 2.60. The zero-order valence-corrected chi connectivity index (χ0v) is 8.86. The van der Waals surface area contributed by atoms with Gasteiger partial charge in [-0.2, -0.15) is 0 Å². The van der Waals surface area contributed by atoms with Gasteiger partial charge in [-0.05, 0) is 18.6 Å². The van der Waals surface area contributed by atoms with Crippen LogP contribution in [-0.2, 0) is 4.79 Å². The zero-order chi connectivity index (χ0) is 11.0. The third-order valence-corrected chi connectivity index (χ3v) is 2.60. The van der Waals surface area contributed by atoms with Crippen LogP contribution in [-0.4, -0.2) is 25.6 Å². The minimum Gasteiger partial charge on any atom is -0.489 e. The number of nitrogens with zero attached hydrogens (tertiary/aromatic N) is 1. The summed E-state index contributed by atoms with van der Waals surface area (Å²) < 4.78 is 5.49. The SMILES string of the molecule is Cc1cccc2c1N(C)C(=O)[C@@H](N)CO2. The van der Waals surface area contributed by atoms with Crippen molar-refractivity contribution in [2.24, 2.45) is 5.73 Å². The van der Waals surface area contributed by atoms with Crippen LogP contribution in [0.25, 0.3) is 0 Å². The highest BCUT2D eigenvalue weighted by atomic mass is 16.5. The number of aryl methyl sites for hydroxylation is 1. The van der Waals surface area contributed by atoms with Crippen LogP contribution in [0.4, 0.5) is 5.69 Å². The molecule has 2 rings (SSSR count). The average molecular weight is 206 g/mol. The fourth-order valence-corrected chi connectivity index (χ4v) is 1.79. The summed E-state index contributed by atoms with van der Waals surface area (Å²) in [4.78, 5) is 13.4. The molecular formula is C11H14N2O2. The molecule has 0 bridgehead atoms. The van der Waals surface area contributed by atoms with Gasteiger partial charge in [0.25, 0.3) is 0 Å². The van der Waals surface area contributed by atoms with E-state index in [9.17, 15) is 4.79 Å². The fourth-order valence-electron chi connectivity index (χ4n) is 1.79. The second kappa shape index (κ2) is 3.55. The van der Waals surface area contributed by atoms with E-state index in [4.69, 9.17) is 10.5 Å². The molecule has 4 nitrogen and oxygen atoms in total. The Morgan fingerprint density at radius 3 is 3.00 bits per heavy atom. The van der Waals surface area contributed by atoms with E-state index in [1.54, 1.807) is 11.9 Å². The average Bonchev–Trinajstić information content (AvgIpc) is 2.32. The van der Waals surface area contributed by atoms with Crippen LogP contribution >= 0.6 is 0 Å². The number of fused-ring (bicyclic) bond motifs is 1. The van der Waals surface area contributed by atoms with Gasteiger partial charge < -0.3 is 15.4 Å². The Morgan fingerprint density at radius 2 is 2.27 bits per heavy atom. The predicted octanol–water partition coefficient (Wildman–Crippen LogP) is 0.678. The summed E-state index contributed by atoms with van der Waals surface area (Å²) >= 11 is 0. The Kier molecular flexibility index (Phi) is 2.36. The Morgan fingerprint density at radius 1 is 1.53 bits per heavy atom. The number of carbonyl (C=O) groups is 1. The molecule has 1 amide bonds. The van der Waals surface area contributed by atoms with E-state index in [0.717, 1.165) is 17.0 Å². The van der Waals surface area contributed by atoms with Gasteiger partial charge in [0.2, 0.25) is 5.91 Å². The molecule has 1 heterocycles. The molecule has 0 saturated heterocycles. The fraction of sp³-hybridized carbons (Fsp3) is 0.364. The van der Waals surface area contributed by atoms with Crippen LogP contribution in [0.2, 0.25) is 0 Å². The van der Waals surface area contributed by atoms with Crippen LogP contribution in [0.15, 0.2) is 18.2 Å². The molecule has 0 aromatic heterocycles. The lowest BCUT2D eigenvalue weighted by molar-refractivity contribution is -0.119. The highest BCUT2D eigenvalue weighted by Gasteiger charge is 2.27. The van der Waals surface area contributed by atoms with Gasteiger partial charge in [0.1, 0.15) is 18.4 Å². The number of rotatable bonds is 0. The lowest BCUT2D eigenvalue weighted by atomic mass is 10.1. The van der Waals surface area contributed by atoms with E-state index >= 15 is 0 Å². The highest BCUT2D eigenvalue weighted by Crippen LogP contribution is 2.33. The van der Waals surface area contributed by atoms with Gasteiger partial charge in [-0.15, -0.1) is 0 Å². The maximum absolute atomic E-state index is 11.8. The number of ether oxygens (including phenoxy) is 1. The number of hydrogen-bond acceptors (Lipinski definition) is 3. The van der Waals surface area contributed by atoms with Crippen LogP contribution in [0.1, 0.15) is 5.56 Å². The van der Waals surface area contributed by atoms with Crippen molar-refractivity contribution < 1.29 is 9.53 Å². The van der Waals surface area contributed by atoms with Crippen molar-refractivity contribution in [3.63, 3.8) is 0 Å². The molecule has 1 aliphatic heterocycles. The normalized spacial score (nSPS) is 20.6. The number of anilines is 1. The first-order chi connectivity index (χ1) is 7.11. The van der Waals surface area contributed by atoms with Crippen LogP contribution in [0.3, 0.4) is 0 Å². The molecule has 80 valence electrons. The van der Waals surface area contributed by atoms with E-state index in [2.05, 4.69) is 0 Å². The summed E-state index contributed by atoms with van der Waals surface area (Å²) in [5.41, 5.74) is 7.51. The minimum absolute atomic E-state index is 0.108. The molecule has 0 radical (unpaired) electrons. The largest absolute Gasteiger partial charge is 0.489 e. The summed E-state index contributed by atoms with van der Waals surface area (Å²) in [6.07, 6.45) is 0. The van der Waals surface area contributed by atoms with E-state index in [1.165, 1.54) is 0 Å². The molecule has 1 atom stereocenters. The lowest BCUT2D eigenvalue weighted by Crippen LogP contribution is -2.43. The molecule has 0 saturated carbocycles. The van der Waals surface area contributed by atoms with Crippen molar-refractivity contribution in [3.05, 3.63) is 23.8 Å². The molecule has 1 aromatic rings. The number of benzene rings is 1. The molecule has 15 heavy (non-hydrogen) atoms. The number of nitrogens with two attached hydrogens (primary N) is 1.